The van der Waals surface area contributed by atoms with Gasteiger partial charge in [0.1, 0.15) is 11.3 Å². The Balaban J connectivity index is 2.10. The zero-order valence-electron chi connectivity index (χ0n) is 13.8. The number of halogens is 1. The Bertz CT molecular complexity index is 1000. The number of hydrogen-bond acceptors (Lipinski definition) is 4. The van der Waals surface area contributed by atoms with Gasteiger partial charge in [0.2, 0.25) is 11.2 Å². The smallest absolute Gasteiger partial charge is 0.235 e. The summed E-state index contributed by atoms with van der Waals surface area (Å²) in [5.41, 5.74) is 0.491. The van der Waals surface area contributed by atoms with E-state index in [1.54, 1.807) is 42.7 Å². The highest BCUT2D eigenvalue weighted by Crippen LogP contribution is 2.32. The molecule has 0 unspecified atom stereocenters. The molecule has 2 aromatic carbocycles. The molecule has 4 nitrogen and oxygen atoms in total. The van der Waals surface area contributed by atoms with Crippen molar-refractivity contribution in [3.05, 3.63) is 69.5 Å². The molecular formula is C20H17BrO4. The van der Waals surface area contributed by atoms with E-state index in [4.69, 9.17) is 9.15 Å². The predicted octanol–water partition coefficient (Wildman–Crippen LogP) is 5.48. The van der Waals surface area contributed by atoms with Gasteiger partial charge in [-0.15, -0.1) is 0 Å². The van der Waals surface area contributed by atoms with Gasteiger partial charge >= 0.3 is 0 Å². The van der Waals surface area contributed by atoms with Crippen LogP contribution in [0.5, 0.6) is 11.5 Å². The number of fused-ring (bicyclic) bond motifs is 1. The molecule has 0 saturated carbocycles. The van der Waals surface area contributed by atoms with Crippen molar-refractivity contribution < 1.29 is 14.3 Å². The van der Waals surface area contributed by atoms with Crippen molar-refractivity contribution in [3.63, 3.8) is 0 Å². The SMILES string of the molecule is CC(C)C=COc1ccc2c(=O)c(O)c(-c3cccc(Br)c3)oc2c1. The van der Waals surface area contributed by atoms with Gasteiger partial charge in [0, 0.05) is 16.1 Å². The van der Waals surface area contributed by atoms with Crippen LogP contribution >= 0.6 is 15.9 Å². The van der Waals surface area contributed by atoms with Crippen molar-refractivity contribution in [2.24, 2.45) is 5.92 Å². The Morgan fingerprint density at radius 2 is 2.00 bits per heavy atom. The second-order valence-electron chi connectivity index (χ2n) is 5.97. The lowest BCUT2D eigenvalue weighted by Gasteiger charge is -2.08. The Hall–Kier alpha value is -2.53. The first-order valence-electron chi connectivity index (χ1n) is 7.85. The van der Waals surface area contributed by atoms with E-state index in [1.165, 1.54) is 0 Å². The Morgan fingerprint density at radius 1 is 1.20 bits per heavy atom. The maximum Gasteiger partial charge on any atom is 0.235 e. The van der Waals surface area contributed by atoms with Crippen molar-refractivity contribution in [1.82, 2.24) is 0 Å². The molecule has 0 amide bonds. The lowest BCUT2D eigenvalue weighted by atomic mass is 10.1. The van der Waals surface area contributed by atoms with Crippen LogP contribution in [0.15, 0.2) is 68.5 Å². The summed E-state index contributed by atoms with van der Waals surface area (Å²) < 4.78 is 12.2. The van der Waals surface area contributed by atoms with Crippen LogP contribution < -0.4 is 10.2 Å². The summed E-state index contributed by atoms with van der Waals surface area (Å²) in [7, 11) is 0. The molecule has 3 rings (SSSR count). The number of rotatable bonds is 4. The molecule has 0 aliphatic heterocycles. The largest absolute Gasteiger partial charge is 0.502 e. The predicted molar refractivity (Wildman–Crippen MR) is 102 cm³/mol. The normalized spacial score (nSPS) is 11.5. The molecule has 128 valence electrons. The van der Waals surface area contributed by atoms with Gasteiger partial charge in [-0.3, -0.25) is 4.79 Å². The molecule has 0 bridgehead atoms. The molecule has 3 aromatic rings. The number of ether oxygens (including phenoxy) is 1. The van der Waals surface area contributed by atoms with E-state index in [-0.39, 0.29) is 5.76 Å². The highest BCUT2D eigenvalue weighted by Gasteiger charge is 2.16. The summed E-state index contributed by atoms with van der Waals surface area (Å²) in [5, 5.41) is 10.5. The van der Waals surface area contributed by atoms with Gasteiger partial charge in [-0.1, -0.05) is 41.9 Å². The molecule has 1 N–H and O–H groups in total. The fraction of sp³-hybridized carbons (Fsp3) is 0.150. The number of allylic oxidation sites excluding steroid dienone is 1. The Labute approximate surface area is 153 Å². The zero-order chi connectivity index (χ0) is 18.0. The lowest BCUT2D eigenvalue weighted by Crippen LogP contribution is -2.02. The monoisotopic (exact) mass is 400 g/mol. The molecule has 1 aromatic heterocycles. The van der Waals surface area contributed by atoms with Crippen LogP contribution in [-0.2, 0) is 0 Å². The third kappa shape index (κ3) is 3.77. The molecule has 25 heavy (non-hydrogen) atoms. The van der Waals surface area contributed by atoms with E-state index in [9.17, 15) is 9.90 Å². The second-order valence-corrected chi connectivity index (χ2v) is 6.88. The molecule has 5 heteroatoms. The quantitative estimate of drug-likeness (QED) is 0.589. The van der Waals surface area contributed by atoms with Gasteiger partial charge in [0.05, 0.1) is 11.6 Å². The summed E-state index contributed by atoms with van der Waals surface area (Å²) in [5.74, 6) is 0.657. The average molecular weight is 401 g/mol. The highest BCUT2D eigenvalue weighted by molar-refractivity contribution is 9.10. The third-order valence-corrected chi connectivity index (χ3v) is 4.09. The van der Waals surface area contributed by atoms with Gasteiger partial charge in [0.25, 0.3) is 0 Å². The minimum atomic E-state index is -0.472. The maximum absolute atomic E-state index is 12.4. The standard InChI is InChI=1S/C20H17BrO4/c1-12(2)8-9-24-15-6-7-16-17(11-15)25-20(19(23)18(16)22)13-4-3-5-14(21)10-13/h3-12,23H,1-2H3. The molecule has 1 heterocycles. The average Bonchev–Trinajstić information content (AvgIpc) is 2.57. The van der Waals surface area contributed by atoms with Crippen LogP contribution in [0, 0.1) is 5.92 Å². The number of benzene rings is 2. The molecule has 0 atom stereocenters. The molecular weight excluding hydrogens is 384 g/mol. The molecule has 0 fully saturated rings. The van der Waals surface area contributed by atoms with E-state index in [2.05, 4.69) is 15.9 Å². The topological polar surface area (TPSA) is 59.7 Å². The van der Waals surface area contributed by atoms with E-state index in [1.807, 2.05) is 26.0 Å². The summed E-state index contributed by atoms with van der Waals surface area (Å²) in [6.07, 6.45) is 3.53. The van der Waals surface area contributed by atoms with E-state index >= 15 is 0 Å². The number of hydrogen-bond donors (Lipinski definition) is 1. The molecule has 0 saturated heterocycles. The van der Waals surface area contributed by atoms with Gasteiger partial charge in [-0.05, 0) is 36.3 Å². The summed E-state index contributed by atoms with van der Waals surface area (Å²) in [6, 6.07) is 12.1. The molecule has 0 spiro atoms. The first kappa shape index (κ1) is 17.3. The molecule has 0 radical (unpaired) electrons. The van der Waals surface area contributed by atoms with Crippen molar-refractivity contribution in [1.29, 1.82) is 0 Å². The van der Waals surface area contributed by atoms with Gasteiger partial charge in [-0.2, -0.15) is 0 Å². The summed E-state index contributed by atoms with van der Waals surface area (Å²) >= 11 is 3.37. The highest BCUT2D eigenvalue weighted by atomic mass is 79.9. The van der Waals surface area contributed by atoms with Crippen LogP contribution in [0.1, 0.15) is 13.8 Å². The summed E-state index contributed by atoms with van der Waals surface area (Å²) in [4.78, 5) is 12.4. The van der Waals surface area contributed by atoms with E-state index in [0.717, 1.165) is 4.47 Å². The van der Waals surface area contributed by atoms with Crippen LogP contribution in [0.4, 0.5) is 0 Å². The van der Waals surface area contributed by atoms with Gasteiger partial charge < -0.3 is 14.3 Å². The molecule has 0 aliphatic carbocycles. The van der Waals surface area contributed by atoms with Crippen LogP contribution in [0.25, 0.3) is 22.3 Å². The zero-order valence-corrected chi connectivity index (χ0v) is 15.4. The first-order chi connectivity index (χ1) is 12.0. The minimum absolute atomic E-state index is 0.133. The van der Waals surface area contributed by atoms with Crippen LogP contribution in [0.3, 0.4) is 0 Å². The van der Waals surface area contributed by atoms with Crippen LogP contribution in [0.2, 0.25) is 0 Å². The molecule has 0 aliphatic rings. The van der Waals surface area contributed by atoms with Crippen molar-refractivity contribution >= 4 is 26.9 Å². The summed E-state index contributed by atoms with van der Waals surface area (Å²) in [6.45, 7) is 4.10. The Morgan fingerprint density at radius 3 is 2.72 bits per heavy atom. The lowest BCUT2D eigenvalue weighted by molar-refractivity contribution is 0.447. The minimum Gasteiger partial charge on any atom is -0.502 e. The Kier molecular flexibility index (Phi) is 4.95. The van der Waals surface area contributed by atoms with Gasteiger partial charge in [0.15, 0.2) is 5.76 Å². The first-order valence-corrected chi connectivity index (χ1v) is 8.64. The van der Waals surface area contributed by atoms with Crippen molar-refractivity contribution in [2.45, 2.75) is 13.8 Å². The number of aromatic hydroxyl groups is 1. The van der Waals surface area contributed by atoms with E-state index in [0.29, 0.717) is 28.2 Å². The fourth-order valence-electron chi connectivity index (χ4n) is 2.34. The van der Waals surface area contributed by atoms with E-state index < -0.39 is 11.2 Å². The maximum atomic E-state index is 12.4. The van der Waals surface area contributed by atoms with Crippen molar-refractivity contribution in [3.8, 4) is 22.8 Å². The third-order valence-electron chi connectivity index (χ3n) is 3.59. The fourth-order valence-corrected chi connectivity index (χ4v) is 2.74. The van der Waals surface area contributed by atoms with Gasteiger partial charge in [-0.25, -0.2) is 0 Å². The van der Waals surface area contributed by atoms with Crippen LogP contribution in [-0.4, -0.2) is 5.11 Å². The van der Waals surface area contributed by atoms with Crippen molar-refractivity contribution in [2.75, 3.05) is 0 Å². The second kappa shape index (κ2) is 7.15.